The molecular formula is C21H34O5. The Kier molecular flexibility index (Phi) is 7.52. The molecule has 1 unspecified atom stereocenters. The Hall–Kier alpha value is -0.910. The van der Waals surface area contributed by atoms with E-state index in [2.05, 4.69) is 6.08 Å². The lowest BCUT2D eigenvalue weighted by Crippen LogP contribution is -2.28. The largest absolute Gasteiger partial charge is 0.481 e. The quantitative estimate of drug-likeness (QED) is 0.457. The van der Waals surface area contributed by atoms with E-state index in [9.17, 15) is 9.90 Å². The summed E-state index contributed by atoms with van der Waals surface area (Å²) in [5.41, 5.74) is 0. The number of carboxylic acids is 1. The molecule has 3 rings (SSSR count). The average Bonchev–Trinajstić information content (AvgIpc) is 3.24. The van der Waals surface area contributed by atoms with Gasteiger partial charge in [-0.25, -0.2) is 0 Å². The molecule has 5 nitrogen and oxygen atoms in total. The van der Waals surface area contributed by atoms with Crippen LogP contribution in [-0.4, -0.2) is 47.7 Å². The number of hydrogen-bond donors (Lipinski definition) is 2. The van der Waals surface area contributed by atoms with Gasteiger partial charge in [0.05, 0.1) is 18.3 Å². The zero-order valence-corrected chi connectivity index (χ0v) is 15.7. The van der Waals surface area contributed by atoms with E-state index in [1.54, 1.807) is 0 Å². The number of hydrogen-bond acceptors (Lipinski definition) is 4. The van der Waals surface area contributed by atoms with Gasteiger partial charge in [-0.15, -0.1) is 0 Å². The number of ether oxygens (including phenoxy) is 2. The normalized spacial score (nSPS) is 33.1. The summed E-state index contributed by atoms with van der Waals surface area (Å²) in [4.78, 5) is 10.5. The number of fused-ring (bicyclic) bond motifs is 2. The van der Waals surface area contributed by atoms with Crippen LogP contribution in [0.5, 0.6) is 0 Å². The van der Waals surface area contributed by atoms with Crippen LogP contribution in [0.3, 0.4) is 0 Å². The number of rotatable bonds is 10. The van der Waals surface area contributed by atoms with Crippen molar-refractivity contribution in [2.24, 2.45) is 17.8 Å². The summed E-state index contributed by atoms with van der Waals surface area (Å²) in [6, 6.07) is 0. The standard InChI is InChI=1S/C21H34O5/c22-18(15-5-2-1-3-6-15)9-8-16-17(20-11-10-19(16)26-20)12-14-25-13-4-7-21(23)24/h8-9,15-20,22H,1-7,10-14H2,(H,23,24)/b9-8+/t16-,17+,18?,19-,20+/m0/s1. The van der Waals surface area contributed by atoms with Crippen LogP contribution in [0.4, 0.5) is 0 Å². The third-order valence-corrected chi connectivity index (χ3v) is 6.42. The molecule has 1 saturated carbocycles. The number of aliphatic carboxylic acids is 1. The first-order chi connectivity index (χ1) is 12.6. The van der Waals surface area contributed by atoms with E-state index < -0.39 is 5.97 Å². The van der Waals surface area contributed by atoms with Crippen LogP contribution >= 0.6 is 0 Å². The van der Waals surface area contributed by atoms with Crippen molar-refractivity contribution in [2.75, 3.05) is 13.2 Å². The van der Waals surface area contributed by atoms with Gasteiger partial charge >= 0.3 is 5.97 Å². The summed E-state index contributed by atoms with van der Waals surface area (Å²) >= 11 is 0. The second kappa shape index (κ2) is 9.86. The fourth-order valence-electron chi connectivity index (χ4n) is 4.98. The maximum Gasteiger partial charge on any atom is 0.303 e. The molecule has 3 fully saturated rings. The SMILES string of the molecule is O=C(O)CCCOCC[C@@H]1[C@H](/C=C/C(O)C2CCCCC2)[C@@H]2CC[C@H]1O2. The van der Waals surface area contributed by atoms with Crippen molar-refractivity contribution in [3.8, 4) is 0 Å². The van der Waals surface area contributed by atoms with Crippen molar-refractivity contribution >= 4 is 5.97 Å². The third-order valence-electron chi connectivity index (χ3n) is 6.42. The Morgan fingerprint density at radius 1 is 1.12 bits per heavy atom. The highest BCUT2D eigenvalue weighted by Gasteiger charge is 2.47. The summed E-state index contributed by atoms with van der Waals surface area (Å²) < 4.78 is 11.7. The second-order valence-corrected chi connectivity index (χ2v) is 8.20. The Morgan fingerprint density at radius 3 is 2.65 bits per heavy atom. The van der Waals surface area contributed by atoms with E-state index >= 15 is 0 Å². The van der Waals surface area contributed by atoms with Crippen molar-refractivity contribution < 1.29 is 24.5 Å². The maximum atomic E-state index is 10.5. The topological polar surface area (TPSA) is 76.0 Å². The van der Waals surface area contributed by atoms with Gasteiger partial charge in [-0.3, -0.25) is 4.79 Å². The first-order valence-corrected chi connectivity index (χ1v) is 10.5. The zero-order chi connectivity index (χ0) is 18.4. The fraction of sp³-hybridized carbons (Fsp3) is 0.857. The molecule has 5 atom stereocenters. The lowest BCUT2D eigenvalue weighted by Gasteiger charge is -2.27. The predicted octanol–water partition coefficient (Wildman–Crippen LogP) is 3.55. The zero-order valence-electron chi connectivity index (χ0n) is 15.7. The Labute approximate surface area is 156 Å². The molecule has 0 aromatic heterocycles. The van der Waals surface area contributed by atoms with Gasteiger partial charge in [0, 0.05) is 25.6 Å². The fourth-order valence-corrected chi connectivity index (χ4v) is 4.98. The van der Waals surface area contributed by atoms with Crippen LogP contribution in [0, 0.1) is 17.8 Å². The smallest absolute Gasteiger partial charge is 0.303 e. The lowest BCUT2D eigenvalue weighted by atomic mass is 9.77. The van der Waals surface area contributed by atoms with Gasteiger partial charge in [-0.05, 0) is 50.4 Å². The van der Waals surface area contributed by atoms with Gasteiger partial charge < -0.3 is 19.7 Å². The van der Waals surface area contributed by atoms with Gasteiger partial charge in [-0.2, -0.15) is 0 Å². The van der Waals surface area contributed by atoms with Gasteiger partial charge in [0.15, 0.2) is 0 Å². The van der Waals surface area contributed by atoms with Crippen LogP contribution in [0.15, 0.2) is 12.2 Å². The van der Waals surface area contributed by atoms with Crippen molar-refractivity contribution in [3.63, 3.8) is 0 Å². The summed E-state index contributed by atoms with van der Waals surface area (Å²) in [6.07, 6.45) is 14.6. The Bertz CT molecular complexity index is 471. The van der Waals surface area contributed by atoms with Gasteiger partial charge in [0.1, 0.15) is 0 Å². The van der Waals surface area contributed by atoms with Crippen LogP contribution in [0.25, 0.3) is 0 Å². The van der Waals surface area contributed by atoms with Crippen molar-refractivity contribution in [1.29, 1.82) is 0 Å². The van der Waals surface area contributed by atoms with Crippen molar-refractivity contribution in [1.82, 2.24) is 0 Å². The summed E-state index contributed by atoms with van der Waals surface area (Å²) in [5, 5.41) is 19.2. The lowest BCUT2D eigenvalue weighted by molar-refractivity contribution is -0.137. The number of aliphatic hydroxyl groups is 1. The monoisotopic (exact) mass is 366 g/mol. The van der Waals surface area contributed by atoms with Gasteiger partial charge in [-0.1, -0.05) is 31.4 Å². The molecule has 3 aliphatic rings. The van der Waals surface area contributed by atoms with Gasteiger partial charge in [0.25, 0.3) is 0 Å². The molecule has 2 heterocycles. The Morgan fingerprint density at radius 2 is 1.88 bits per heavy atom. The summed E-state index contributed by atoms with van der Waals surface area (Å²) in [6.45, 7) is 1.17. The molecule has 1 aliphatic carbocycles. The number of carbonyl (C=O) groups is 1. The molecule has 2 bridgehead atoms. The molecule has 0 amide bonds. The molecule has 2 saturated heterocycles. The van der Waals surface area contributed by atoms with E-state index in [1.807, 2.05) is 6.08 Å². The predicted molar refractivity (Wildman–Crippen MR) is 98.9 cm³/mol. The third kappa shape index (κ3) is 5.30. The number of carboxylic acid groups (broad SMARTS) is 1. The number of aliphatic hydroxyl groups excluding tert-OH is 1. The first-order valence-electron chi connectivity index (χ1n) is 10.5. The summed E-state index contributed by atoms with van der Waals surface area (Å²) in [5.74, 6) is 0.505. The van der Waals surface area contributed by atoms with Crippen molar-refractivity contribution in [3.05, 3.63) is 12.2 Å². The molecule has 148 valence electrons. The summed E-state index contributed by atoms with van der Waals surface area (Å²) in [7, 11) is 0. The average molecular weight is 366 g/mol. The molecule has 26 heavy (non-hydrogen) atoms. The minimum Gasteiger partial charge on any atom is -0.481 e. The highest BCUT2D eigenvalue weighted by Crippen LogP contribution is 2.45. The minimum atomic E-state index is -0.767. The van der Waals surface area contributed by atoms with E-state index in [4.69, 9.17) is 14.6 Å². The van der Waals surface area contributed by atoms with Crippen LogP contribution < -0.4 is 0 Å². The molecule has 5 heteroatoms. The second-order valence-electron chi connectivity index (χ2n) is 8.20. The minimum absolute atomic E-state index is 0.168. The van der Waals surface area contributed by atoms with E-state index in [0.717, 1.165) is 32.1 Å². The van der Waals surface area contributed by atoms with E-state index in [0.29, 0.717) is 49.6 Å². The van der Waals surface area contributed by atoms with Crippen molar-refractivity contribution in [2.45, 2.75) is 82.5 Å². The molecule has 2 N–H and O–H groups in total. The van der Waals surface area contributed by atoms with Crippen LogP contribution in [-0.2, 0) is 14.3 Å². The maximum absolute atomic E-state index is 10.5. The molecule has 0 aromatic carbocycles. The Balaban J connectivity index is 1.44. The first kappa shape index (κ1) is 19.8. The molecule has 0 radical (unpaired) electrons. The van der Waals surface area contributed by atoms with Crippen LogP contribution in [0.1, 0.15) is 64.2 Å². The highest BCUT2D eigenvalue weighted by molar-refractivity contribution is 5.66. The molecule has 0 spiro atoms. The van der Waals surface area contributed by atoms with E-state index in [1.165, 1.54) is 19.3 Å². The van der Waals surface area contributed by atoms with Crippen LogP contribution in [0.2, 0.25) is 0 Å². The highest BCUT2D eigenvalue weighted by atomic mass is 16.5. The van der Waals surface area contributed by atoms with Gasteiger partial charge in [0.2, 0.25) is 0 Å². The molecule has 2 aliphatic heterocycles. The molecular weight excluding hydrogens is 332 g/mol. The molecule has 0 aromatic rings. The van der Waals surface area contributed by atoms with E-state index in [-0.39, 0.29) is 12.5 Å².